The van der Waals surface area contributed by atoms with Gasteiger partial charge in [-0.15, -0.1) is 0 Å². The fourth-order valence-electron chi connectivity index (χ4n) is 3.34. The largest absolute Gasteiger partial charge is 2.00 e. The molecule has 0 aromatic carbocycles. The van der Waals surface area contributed by atoms with Crippen molar-refractivity contribution in [3.05, 3.63) is 0 Å². The van der Waals surface area contributed by atoms with Crippen LogP contribution >= 0.6 is 14.7 Å². The third kappa shape index (κ3) is 30.9. The fraction of sp³-hybridized carbons (Fsp3) is 1.00. The fourth-order valence-corrected chi connectivity index (χ4v) is 6.61. The molecular formula is C24H52CuO4P2. The Labute approximate surface area is 205 Å². The smallest absolute Gasteiger partial charge is 0.799 e. The van der Waals surface area contributed by atoms with Gasteiger partial charge in [-0.05, 0) is 50.3 Å². The molecule has 1 radical (unpaired) electrons. The molecule has 7 heteroatoms. The van der Waals surface area contributed by atoms with Crippen LogP contribution in [-0.2, 0) is 26.2 Å². The van der Waals surface area contributed by atoms with E-state index in [1.54, 1.807) is 0 Å². The van der Waals surface area contributed by atoms with E-state index in [9.17, 15) is 18.9 Å². The van der Waals surface area contributed by atoms with Crippen LogP contribution in [0.2, 0.25) is 0 Å². The van der Waals surface area contributed by atoms with E-state index in [4.69, 9.17) is 0 Å². The first kappa shape index (κ1) is 36.5. The van der Waals surface area contributed by atoms with Crippen molar-refractivity contribution >= 4 is 14.7 Å². The van der Waals surface area contributed by atoms with Gasteiger partial charge in [-0.3, -0.25) is 0 Å². The molecule has 0 N–H and O–H groups in total. The Balaban J connectivity index is -0.000000490. The van der Waals surface area contributed by atoms with E-state index in [1.165, 1.54) is 25.7 Å². The first-order valence-corrected chi connectivity index (χ1v) is 16.8. The molecule has 0 saturated carbocycles. The minimum atomic E-state index is -3.02. The summed E-state index contributed by atoms with van der Waals surface area (Å²) in [5.41, 5.74) is 0. The molecule has 0 aliphatic heterocycles. The predicted molar refractivity (Wildman–Crippen MR) is 131 cm³/mol. The summed E-state index contributed by atoms with van der Waals surface area (Å²) < 4.78 is 23.2. The molecule has 4 nitrogen and oxygen atoms in total. The van der Waals surface area contributed by atoms with Gasteiger partial charge in [0.15, 0.2) is 0 Å². The van der Waals surface area contributed by atoms with Gasteiger partial charge in [0.05, 0.1) is 0 Å². The molecule has 0 unspecified atom stereocenters. The van der Waals surface area contributed by atoms with E-state index in [2.05, 4.69) is 27.7 Å². The molecule has 0 aliphatic rings. The van der Waals surface area contributed by atoms with Crippen molar-refractivity contribution in [2.75, 3.05) is 24.6 Å². The summed E-state index contributed by atoms with van der Waals surface area (Å²) >= 11 is 0. The van der Waals surface area contributed by atoms with Crippen LogP contribution in [0.1, 0.15) is 130 Å². The third-order valence-corrected chi connectivity index (χ3v) is 9.40. The van der Waals surface area contributed by atoms with Gasteiger partial charge in [0.1, 0.15) is 0 Å². The number of hydrogen-bond donors (Lipinski definition) is 0. The number of unbranched alkanes of at least 4 members (excludes halogenated alkanes) is 12. The van der Waals surface area contributed by atoms with Crippen LogP contribution in [0.15, 0.2) is 0 Å². The van der Waals surface area contributed by atoms with E-state index < -0.39 is 14.7 Å². The summed E-state index contributed by atoms with van der Waals surface area (Å²) in [6.45, 7) is 8.56. The first-order valence-electron chi connectivity index (χ1n) is 12.8. The summed E-state index contributed by atoms with van der Waals surface area (Å²) in [6.07, 6.45) is 18.8. The molecule has 0 aliphatic carbocycles. The van der Waals surface area contributed by atoms with Crippen molar-refractivity contribution in [2.45, 2.75) is 130 Å². The molecule has 0 rings (SSSR count). The topological polar surface area (TPSA) is 80.3 Å². The van der Waals surface area contributed by atoms with E-state index in [1.807, 2.05) is 0 Å². The summed E-state index contributed by atoms with van der Waals surface area (Å²) in [6, 6.07) is 0. The van der Waals surface area contributed by atoms with Gasteiger partial charge in [-0.25, -0.2) is 0 Å². The second-order valence-corrected chi connectivity index (χ2v) is 13.8. The Morgan fingerprint density at radius 1 is 0.419 bits per heavy atom. The molecular weight excluding hydrogens is 478 g/mol. The zero-order chi connectivity index (χ0) is 23.1. The van der Waals surface area contributed by atoms with Gasteiger partial charge >= 0.3 is 17.1 Å². The second-order valence-electron chi connectivity index (χ2n) is 8.77. The van der Waals surface area contributed by atoms with E-state index in [0.717, 1.165) is 77.0 Å². The van der Waals surface area contributed by atoms with Gasteiger partial charge in [-0.2, -0.15) is 0 Å². The number of hydrogen-bond acceptors (Lipinski definition) is 4. The monoisotopic (exact) mass is 529 g/mol. The maximum atomic E-state index is 11.6. The molecule has 31 heavy (non-hydrogen) atoms. The quantitative estimate of drug-likeness (QED) is 0.0924. The Hall–Kier alpha value is 0.899. The van der Waals surface area contributed by atoms with Gasteiger partial charge in [0, 0.05) is 14.7 Å². The molecule has 0 heterocycles. The van der Waals surface area contributed by atoms with Crippen molar-refractivity contribution in [3.63, 3.8) is 0 Å². The third-order valence-electron chi connectivity index (χ3n) is 5.41. The van der Waals surface area contributed by atoms with Crippen LogP contribution in [0.4, 0.5) is 0 Å². The minimum Gasteiger partial charge on any atom is -0.799 e. The molecule has 0 aromatic rings. The normalized spacial score (nSPS) is 11.5. The summed E-state index contributed by atoms with van der Waals surface area (Å²) in [4.78, 5) is 23.2. The Morgan fingerprint density at radius 2 is 0.613 bits per heavy atom. The molecule has 0 fully saturated rings. The Kier molecular flexibility index (Phi) is 30.0. The molecule has 193 valence electrons. The zero-order valence-electron chi connectivity index (χ0n) is 21.0. The zero-order valence-corrected chi connectivity index (χ0v) is 23.7. The van der Waals surface area contributed by atoms with Gasteiger partial charge in [0.25, 0.3) is 0 Å². The molecule has 0 saturated heterocycles. The average molecular weight is 530 g/mol. The summed E-state index contributed by atoms with van der Waals surface area (Å²) in [5.74, 6) is 0. The van der Waals surface area contributed by atoms with Crippen molar-refractivity contribution < 1.29 is 36.0 Å². The second kappa shape index (κ2) is 25.5. The van der Waals surface area contributed by atoms with Gasteiger partial charge in [-0.1, -0.05) is 105 Å². The molecule has 0 bridgehead atoms. The van der Waals surface area contributed by atoms with Crippen molar-refractivity contribution in [3.8, 4) is 0 Å². The SMILES string of the molecule is CCCCCCP(=O)([O-])CCCCCC.CCCCCCP(=O)([O-])CCCCCC.[Cu+2]. The van der Waals surface area contributed by atoms with Crippen LogP contribution < -0.4 is 9.79 Å². The minimum absolute atomic E-state index is 0. The molecule has 0 spiro atoms. The van der Waals surface area contributed by atoms with E-state index in [0.29, 0.717) is 24.6 Å². The Bertz CT molecular complexity index is 375. The van der Waals surface area contributed by atoms with Crippen LogP contribution in [-0.4, -0.2) is 24.6 Å². The average Bonchev–Trinajstić information content (AvgIpc) is 2.70. The van der Waals surface area contributed by atoms with E-state index >= 15 is 0 Å². The van der Waals surface area contributed by atoms with Crippen LogP contribution in [0.5, 0.6) is 0 Å². The maximum absolute atomic E-state index is 11.6. The predicted octanol–water partition coefficient (Wildman–Crippen LogP) is 7.57. The molecule has 0 atom stereocenters. The Morgan fingerprint density at radius 3 is 0.774 bits per heavy atom. The van der Waals surface area contributed by atoms with Crippen molar-refractivity contribution in [2.24, 2.45) is 0 Å². The molecule has 0 aromatic heterocycles. The molecule has 0 amide bonds. The summed E-state index contributed by atoms with van der Waals surface area (Å²) in [7, 11) is -6.05. The first-order chi connectivity index (χ1) is 14.2. The number of rotatable bonds is 20. The van der Waals surface area contributed by atoms with Crippen molar-refractivity contribution in [1.82, 2.24) is 0 Å². The maximum Gasteiger partial charge on any atom is 2.00 e. The van der Waals surface area contributed by atoms with Crippen molar-refractivity contribution in [1.29, 1.82) is 0 Å². The van der Waals surface area contributed by atoms with Crippen LogP contribution in [0, 0.1) is 0 Å². The van der Waals surface area contributed by atoms with E-state index in [-0.39, 0.29) is 17.1 Å². The van der Waals surface area contributed by atoms with Gasteiger partial charge < -0.3 is 18.9 Å². The van der Waals surface area contributed by atoms with Gasteiger partial charge in [0.2, 0.25) is 0 Å². The van der Waals surface area contributed by atoms with Crippen LogP contribution in [0.3, 0.4) is 0 Å². The standard InChI is InChI=1S/2C12H27O2P.Cu/c2*1-3-5-7-9-11-15(13,14)12-10-8-6-4-2;/h2*3-12H2,1-2H3,(H,13,14);/q;;+2/p-2. The summed E-state index contributed by atoms with van der Waals surface area (Å²) in [5, 5.41) is 0. The van der Waals surface area contributed by atoms with Crippen LogP contribution in [0.25, 0.3) is 0 Å².